The van der Waals surface area contributed by atoms with Gasteiger partial charge in [0.1, 0.15) is 11.5 Å². The number of nitrogens with one attached hydrogen (secondary N) is 1. The normalized spacial score (nSPS) is 11.7. The summed E-state index contributed by atoms with van der Waals surface area (Å²) in [6.45, 7) is 0. The van der Waals surface area contributed by atoms with Crippen molar-refractivity contribution < 1.29 is 27.5 Å². The van der Waals surface area contributed by atoms with Gasteiger partial charge in [-0.2, -0.15) is 18.3 Å². The standard InChI is InChI=1S/C19H12ClF3N2O3/c20-16-7-1-11(9-15(16)18(26)27)17-8-6-14(28-17)10-24-25-13-4-2-12(3-5-13)19(21,22)23/h1-10,25H,(H,26,27)/b24-10-. The zero-order valence-corrected chi connectivity index (χ0v) is 14.8. The molecule has 0 amide bonds. The highest BCUT2D eigenvalue weighted by molar-refractivity contribution is 6.33. The molecule has 1 aromatic heterocycles. The van der Waals surface area contributed by atoms with E-state index in [2.05, 4.69) is 10.5 Å². The Morgan fingerprint density at radius 3 is 2.46 bits per heavy atom. The highest BCUT2D eigenvalue weighted by atomic mass is 35.5. The minimum absolute atomic E-state index is 0.0465. The Bertz CT molecular complexity index is 1030. The predicted molar refractivity (Wildman–Crippen MR) is 98.8 cm³/mol. The van der Waals surface area contributed by atoms with E-state index in [0.29, 0.717) is 22.8 Å². The molecular weight excluding hydrogens is 397 g/mol. The lowest BCUT2D eigenvalue weighted by atomic mass is 10.1. The summed E-state index contributed by atoms with van der Waals surface area (Å²) in [6.07, 6.45) is -3.05. The third-order valence-corrected chi connectivity index (χ3v) is 4.04. The number of carboxylic acid groups (broad SMARTS) is 1. The van der Waals surface area contributed by atoms with E-state index in [4.69, 9.17) is 21.1 Å². The highest BCUT2D eigenvalue weighted by Gasteiger charge is 2.29. The molecule has 2 N–H and O–H groups in total. The van der Waals surface area contributed by atoms with Crippen molar-refractivity contribution in [1.82, 2.24) is 0 Å². The smallest absolute Gasteiger partial charge is 0.416 e. The maximum Gasteiger partial charge on any atom is 0.416 e. The monoisotopic (exact) mass is 408 g/mol. The highest BCUT2D eigenvalue weighted by Crippen LogP contribution is 2.30. The van der Waals surface area contributed by atoms with Gasteiger partial charge in [0.05, 0.1) is 28.1 Å². The van der Waals surface area contributed by atoms with E-state index in [1.54, 1.807) is 18.2 Å². The number of hydrogen-bond donors (Lipinski definition) is 2. The van der Waals surface area contributed by atoms with Gasteiger partial charge in [0.2, 0.25) is 0 Å². The molecule has 3 rings (SSSR count). The second kappa shape index (κ2) is 7.77. The summed E-state index contributed by atoms with van der Waals surface area (Å²) in [5, 5.41) is 13.1. The van der Waals surface area contributed by atoms with Crippen LogP contribution in [0.2, 0.25) is 5.02 Å². The van der Waals surface area contributed by atoms with Crippen LogP contribution in [0.1, 0.15) is 21.7 Å². The van der Waals surface area contributed by atoms with E-state index in [-0.39, 0.29) is 10.6 Å². The van der Waals surface area contributed by atoms with Crippen molar-refractivity contribution in [3.8, 4) is 11.3 Å². The first-order valence-corrected chi connectivity index (χ1v) is 8.21. The molecule has 0 saturated heterocycles. The van der Waals surface area contributed by atoms with E-state index in [1.165, 1.54) is 30.5 Å². The molecule has 0 aliphatic rings. The van der Waals surface area contributed by atoms with Gasteiger partial charge in [-0.05, 0) is 54.6 Å². The molecule has 0 aliphatic carbocycles. The number of anilines is 1. The quantitative estimate of drug-likeness (QED) is 0.415. The fourth-order valence-electron chi connectivity index (χ4n) is 2.32. The Kier molecular flexibility index (Phi) is 5.41. The summed E-state index contributed by atoms with van der Waals surface area (Å²) in [5.74, 6) is -0.377. The second-order valence-electron chi connectivity index (χ2n) is 5.65. The van der Waals surface area contributed by atoms with Crippen molar-refractivity contribution in [2.24, 2.45) is 5.10 Å². The summed E-state index contributed by atoms with van der Waals surface area (Å²) in [4.78, 5) is 11.2. The van der Waals surface area contributed by atoms with Gasteiger partial charge in [-0.1, -0.05) is 11.6 Å². The van der Waals surface area contributed by atoms with Crippen LogP contribution in [0.25, 0.3) is 11.3 Å². The summed E-state index contributed by atoms with van der Waals surface area (Å²) >= 11 is 5.84. The molecule has 0 unspecified atom stereocenters. The molecule has 144 valence electrons. The number of carboxylic acids is 1. The van der Waals surface area contributed by atoms with Gasteiger partial charge >= 0.3 is 12.1 Å². The van der Waals surface area contributed by atoms with Gasteiger partial charge in [0.15, 0.2) is 0 Å². The van der Waals surface area contributed by atoms with Crippen LogP contribution in [0.3, 0.4) is 0 Å². The summed E-state index contributed by atoms with van der Waals surface area (Å²) in [7, 11) is 0. The summed E-state index contributed by atoms with van der Waals surface area (Å²) in [6, 6.07) is 12.1. The maximum absolute atomic E-state index is 12.5. The van der Waals surface area contributed by atoms with Crippen LogP contribution in [-0.4, -0.2) is 17.3 Å². The molecule has 3 aromatic rings. The molecule has 0 atom stereocenters. The maximum atomic E-state index is 12.5. The molecule has 0 aliphatic heterocycles. The molecule has 0 radical (unpaired) electrons. The van der Waals surface area contributed by atoms with Crippen molar-refractivity contribution in [2.45, 2.75) is 6.18 Å². The van der Waals surface area contributed by atoms with Crippen molar-refractivity contribution in [2.75, 3.05) is 5.43 Å². The third-order valence-electron chi connectivity index (χ3n) is 3.71. The van der Waals surface area contributed by atoms with Crippen LogP contribution in [0.5, 0.6) is 0 Å². The topological polar surface area (TPSA) is 74.8 Å². The van der Waals surface area contributed by atoms with Gasteiger partial charge in [-0.15, -0.1) is 0 Å². The van der Waals surface area contributed by atoms with Crippen LogP contribution in [0.4, 0.5) is 18.9 Å². The van der Waals surface area contributed by atoms with Crippen molar-refractivity contribution in [3.63, 3.8) is 0 Å². The molecule has 0 bridgehead atoms. The Morgan fingerprint density at radius 2 is 1.82 bits per heavy atom. The number of rotatable bonds is 5. The van der Waals surface area contributed by atoms with Gasteiger partial charge in [0, 0.05) is 5.56 Å². The minimum Gasteiger partial charge on any atom is -0.478 e. The molecule has 0 fully saturated rings. The number of hydrazone groups is 1. The molecule has 0 saturated carbocycles. The lowest BCUT2D eigenvalue weighted by Gasteiger charge is -2.06. The van der Waals surface area contributed by atoms with Crippen LogP contribution >= 0.6 is 11.6 Å². The molecule has 2 aromatic carbocycles. The summed E-state index contributed by atoms with van der Waals surface area (Å²) < 4.78 is 43.1. The Morgan fingerprint density at radius 1 is 1.11 bits per heavy atom. The Hall–Kier alpha value is -3.26. The zero-order valence-electron chi connectivity index (χ0n) is 14.0. The van der Waals surface area contributed by atoms with E-state index in [9.17, 15) is 18.0 Å². The molecule has 5 nitrogen and oxygen atoms in total. The fraction of sp³-hybridized carbons (Fsp3) is 0.0526. The number of nitrogens with zero attached hydrogens (tertiary/aromatic N) is 1. The fourth-order valence-corrected chi connectivity index (χ4v) is 2.52. The number of benzene rings is 2. The van der Waals surface area contributed by atoms with E-state index in [0.717, 1.165) is 12.1 Å². The SMILES string of the molecule is O=C(O)c1cc(-c2ccc(/C=N\Nc3ccc(C(F)(F)F)cc3)o2)ccc1Cl. The van der Waals surface area contributed by atoms with Crippen molar-refractivity contribution in [3.05, 3.63) is 76.5 Å². The van der Waals surface area contributed by atoms with Gasteiger partial charge in [0.25, 0.3) is 0 Å². The molecule has 0 spiro atoms. The summed E-state index contributed by atoms with van der Waals surface area (Å²) in [5.41, 5.74) is 2.70. The average Bonchev–Trinajstić information content (AvgIpc) is 3.10. The minimum atomic E-state index is -4.39. The van der Waals surface area contributed by atoms with Crippen LogP contribution in [0, 0.1) is 0 Å². The number of furan rings is 1. The Labute approximate surface area is 162 Å². The van der Waals surface area contributed by atoms with Crippen LogP contribution < -0.4 is 5.43 Å². The van der Waals surface area contributed by atoms with Gasteiger partial charge in [-0.3, -0.25) is 5.43 Å². The van der Waals surface area contributed by atoms with Crippen LogP contribution in [0.15, 0.2) is 64.1 Å². The zero-order chi connectivity index (χ0) is 20.3. The molecule has 28 heavy (non-hydrogen) atoms. The largest absolute Gasteiger partial charge is 0.478 e. The predicted octanol–water partition coefficient (Wildman–Crippen LogP) is 5.76. The van der Waals surface area contributed by atoms with E-state index < -0.39 is 17.7 Å². The Balaban J connectivity index is 1.69. The first kappa shape index (κ1) is 19.5. The number of hydrogen-bond acceptors (Lipinski definition) is 4. The number of halogens is 4. The number of aromatic carboxylic acids is 1. The lowest BCUT2D eigenvalue weighted by Crippen LogP contribution is -2.04. The lowest BCUT2D eigenvalue weighted by molar-refractivity contribution is -0.137. The molecule has 9 heteroatoms. The van der Waals surface area contributed by atoms with Crippen molar-refractivity contribution in [1.29, 1.82) is 0 Å². The first-order chi connectivity index (χ1) is 13.2. The van der Waals surface area contributed by atoms with Gasteiger partial charge < -0.3 is 9.52 Å². The first-order valence-electron chi connectivity index (χ1n) is 7.83. The molecule has 1 heterocycles. The second-order valence-corrected chi connectivity index (χ2v) is 6.05. The average molecular weight is 409 g/mol. The molecular formula is C19H12ClF3N2O3. The van der Waals surface area contributed by atoms with E-state index in [1.807, 2.05) is 0 Å². The van der Waals surface area contributed by atoms with Gasteiger partial charge in [-0.25, -0.2) is 4.79 Å². The van der Waals surface area contributed by atoms with Crippen LogP contribution in [-0.2, 0) is 6.18 Å². The van der Waals surface area contributed by atoms with Crippen molar-refractivity contribution >= 4 is 29.5 Å². The van der Waals surface area contributed by atoms with E-state index >= 15 is 0 Å². The number of alkyl halides is 3. The third kappa shape index (κ3) is 4.52. The number of carbonyl (C=O) groups is 1.